The van der Waals surface area contributed by atoms with Gasteiger partial charge in [-0.3, -0.25) is 0 Å². The van der Waals surface area contributed by atoms with Crippen molar-refractivity contribution < 1.29 is 24.5 Å². The lowest BCUT2D eigenvalue weighted by Gasteiger charge is -2.17. The summed E-state index contributed by atoms with van der Waals surface area (Å²) in [5, 5.41) is 12.9. The predicted molar refractivity (Wildman–Crippen MR) is 109 cm³/mol. The second-order valence-electron chi connectivity index (χ2n) is 6.08. The molecule has 4 nitrogen and oxygen atoms in total. The van der Waals surface area contributed by atoms with Crippen molar-refractivity contribution in [2.75, 3.05) is 26.0 Å². The van der Waals surface area contributed by atoms with Crippen molar-refractivity contribution in [1.82, 2.24) is 5.32 Å². The van der Waals surface area contributed by atoms with Crippen LogP contribution >= 0.6 is 0 Å². The summed E-state index contributed by atoms with van der Waals surface area (Å²) in [4.78, 5) is 8.00. The second kappa shape index (κ2) is 14.6. The third kappa shape index (κ3) is 8.54. The maximum Gasteiger partial charge on any atom is 0.149 e. The third-order valence-corrected chi connectivity index (χ3v) is 3.98. The second-order valence-corrected chi connectivity index (χ2v) is 6.08. The van der Waals surface area contributed by atoms with Gasteiger partial charge >= 0.3 is 0 Å². The van der Waals surface area contributed by atoms with Gasteiger partial charge in [-0.25, -0.2) is 13.2 Å². The quantitative estimate of drug-likeness (QED) is 0.563. The summed E-state index contributed by atoms with van der Waals surface area (Å²) >= 11 is 0. The molecule has 0 aliphatic carbocycles. The highest BCUT2D eigenvalue weighted by Crippen LogP contribution is 2.28. The first kappa shape index (κ1) is 25.6. The smallest absolute Gasteiger partial charge is 0.149 e. The molecular formula is C21H31F3N2O2. The Balaban J connectivity index is 0. The summed E-state index contributed by atoms with van der Waals surface area (Å²) in [6.07, 6.45) is 2.66. The van der Waals surface area contributed by atoms with Gasteiger partial charge in [0.25, 0.3) is 0 Å². The maximum absolute atomic E-state index is 13.8. The van der Waals surface area contributed by atoms with E-state index in [4.69, 9.17) is 9.90 Å². The van der Waals surface area contributed by atoms with Crippen molar-refractivity contribution in [2.24, 2.45) is 5.92 Å². The molecule has 2 rings (SSSR count). The molecule has 0 heterocycles. The van der Waals surface area contributed by atoms with Crippen LogP contribution in [0.15, 0.2) is 36.4 Å². The molecule has 2 aromatic rings. The van der Waals surface area contributed by atoms with Crippen molar-refractivity contribution in [2.45, 2.75) is 26.2 Å². The number of rotatable bonds is 8. The number of aliphatic hydroxyl groups excluding tert-OH is 1. The lowest BCUT2D eigenvalue weighted by atomic mass is 9.95. The van der Waals surface area contributed by atoms with Crippen LogP contribution < -0.4 is 10.6 Å². The van der Waals surface area contributed by atoms with E-state index in [0.29, 0.717) is 18.0 Å². The van der Waals surface area contributed by atoms with Crippen molar-refractivity contribution in [3.05, 3.63) is 59.4 Å². The number of hydrogen-bond donors (Lipinski definition) is 3. The van der Waals surface area contributed by atoms with Gasteiger partial charge in [0.15, 0.2) is 0 Å². The third-order valence-electron chi connectivity index (χ3n) is 3.98. The van der Waals surface area contributed by atoms with Crippen LogP contribution in [-0.2, 0) is 11.2 Å². The largest absolute Gasteiger partial charge is 0.400 e. The molecule has 0 radical (unpaired) electrons. The van der Waals surface area contributed by atoms with E-state index in [-0.39, 0.29) is 12.9 Å². The molecule has 0 bridgehead atoms. The van der Waals surface area contributed by atoms with Gasteiger partial charge in [-0.05, 0) is 74.7 Å². The number of nitrogens with one attached hydrogen (secondary N) is 2. The first-order valence-corrected chi connectivity index (χ1v) is 8.89. The van der Waals surface area contributed by atoms with Crippen LogP contribution in [0.25, 0.3) is 0 Å². The monoisotopic (exact) mass is 400 g/mol. The molecule has 0 saturated carbocycles. The lowest BCUT2D eigenvalue weighted by molar-refractivity contribution is -0.0979. The number of anilines is 2. The molecule has 0 amide bonds. The van der Waals surface area contributed by atoms with Crippen LogP contribution in [0.2, 0.25) is 0 Å². The number of carbonyl (C=O) groups is 1. The lowest BCUT2D eigenvalue weighted by Crippen LogP contribution is -2.10. The van der Waals surface area contributed by atoms with Gasteiger partial charge < -0.3 is 20.5 Å². The fraction of sp³-hybridized carbons (Fsp3) is 0.381. The first-order valence-electron chi connectivity index (χ1n) is 8.89. The van der Waals surface area contributed by atoms with E-state index in [1.807, 2.05) is 13.8 Å². The van der Waals surface area contributed by atoms with Crippen LogP contribution in [0.1, 0.15) is 26.8 Å². The molecule has 0 spiro atoms. The van der Waals surface area contributed by atoms with Crippen molar-refractivity contribution in [3.8, 4) is 0 Å². The van der Waals surface area contributed by atoms with Gasteiger partial charge in [0.1, 0.15) is 29.9 Å². The Morgan fingerprint density at radius 1 is 1.11 bits per heavy atom. The standard InChI is InChI=1S/C19H23F3N2.CH4O.CH2O.H2/c1-13(5-4-10-23-2)11-14-12-15(20)8-9-18(14)24-19-16(21)6-3-7-17(19)22;2*1-2;/h3,6-9,12-13,23-24H,4-5,10-11H2,1-2H3;2H,1H3;1H2;1H/t13-;;;/m0.../s1. The number of para-hydroxylation sites is 1. The zero-order chi connectivity index (χ0) is 21.5. The normalized spacial score (nSPS) is 10.8. The summed E-state index contributed by atoms with van der Waals surface area (Å²) in [7, 11) is 2.90. The van der Waals surface area contributed by atoms with Gasteiger partial charge in [-0.1, -0.05) is 13.0 Å². The van der Waals surface area contributed by atoms with Crippen LogP contribution in [0.3, 0.4) is 0 Å². The molecular weight excluding hydrogens is 369 g/mol. The summed E-state index contributed by atoms with van der Waals surface area (Å²) < 4.78 is 41.3. The molecule has 0 saturated heterocycles. The molecule has 0 fully saturated rings. The van der Waals surface area contributed by atoms with E-state index in [9.17, 15) is 13.2 Å². The highest BCUT2D eigenvalue weighted by molar-refractivity contribution is 5.64. The van der Waals surface area contributed by atoms with Crippen molar-refractivity contribution in [1.29, 1.82) is 0 Å². The molecule has 28 heavy (non-hydrogen) atoms. The number of hydrogen-bond acceptors (Lipinski definition) is 4. The number of halogens is 3. The van der Waals surface area contributed by atoms with E-state index >= 15 is 0 Å². The molecule has 0 aromatic heterocycles. The fourth-order valence-corrected chi connectivity index (χ4v) is 2.71. The van der Waals surface area contributed by atoms with Crippen LogP contribution in [0, 0.1) is 23.4 Å². The Hall–Kier alpha value is -2.38. The van der Waals surface area contributed by atoms with E-state index in [1.54, 1.807) is 0 Å². The predicted octanol–water partition coefficient (Wildman–Crippen LogP) is 4.70. The summed E-state index contributed by atoms with van der Waals surface area (Å²) in [6, 6.07) is 7.93. The van der Waals surface area contributed by atoms with Gasteiger partial charge in [-0.2, -0.15) is 0 Å². The minimum Gasteiger partial charge on any atom is -0.400 e. The molecule has 0 aliphatic rings. The average molecular weight is 400 g/mol. The number of benzene rings is 2. The molecule has 0 unspecified atom stereocenters. The Bertz CT molecular complexity index is 685. The average Bonchev–Trinajstić information content (AvgIpc) is 2.70. The number of carbonyl (C=O) groups excluding carboxylic acids is 1. The zero-order valence-electron chi connectivity index (χ0n) is 16.6. The Morgan fingerprint density at radius 2 is 1.71 bits per heavy atom. The molecule has 7 heteroatoms. The van der Waals surface area contributed by atoms with E-state index < -0.39 is 11.6 Å². The molecule has 158 valence electrons. The van der Waals surface area contributed by atoms with Crippen LogP contribution in [-0.4, -0.2) is 32.6 Å². The Kier molecular flexibility index (Phi) is 13.4. The summed E-state index contributed by atoms with van der Waals surface area (Å²) in [5.74, 6) is -1.36. The molecule has 0 aliphatic heterocycles. The number of aliphatic hydroxyl groups is 1. The zero-order valence-corrected chi connectivity index (χ0v) is 16.6. The molecule has 3 N–H and O–H groups in total. The minimum absolute atomic E-state index is 0. The van der Waals surface area contributed by atoms with Crippen LogP contribution in [0.4, 0.5) is 24.5 Å². The maximum atomic E-state index is 13.8. The van der Waals surface area contributed by atoms with Gasteiger partial charge in [0.2, 0.25) is 0 Å². The van der Waals surface area contributed by atoms with E-state index in [0.717, 1.165) is 32.1 Å². The molecule has 1 atom stereocenters. The highest BCUT2D eigenvalue weighted by atomic mass is 19.1. The highest BCUT2D eigenvalue weighted by Gasteiger charge is 2.13. The summed E-state index contributed by atoms with van der Waals surface area (Å²) in [6.45, 7) is 5.02. The molecule has 2 aromatic carbocycles. The first-order chi connectivity index (χ1) is 13.5. The van der Waals surface area contributed by atoms with Crippen LogP contribution in [0.5, 0.6) is 0 Å². The van der Waals surface area contributed by atoms with Crippen molar-refractivity contribution >= 4 is 18.2 Å². The SMILES string of the molecule is C=O.CNCCC[C@H](C)Cc1cc(F)ccc1Nc1c(F)cccc1F.CO.[HH]. The fourth-order valence-electron chi connectivity index (χ4n) is 2.71. The van der Waals surface area contributed by atoms with E-state index in [2.05, 4.69) is 17.6 Å². The van der Waals surface area contributed by atoms with Gasteiger partial charge in [0, 0.05) is 14.2 Å². The Morgan fingerprint density at radius 3 is 2.29 bits per heavy atom. The topological polar surface area (TPSA) is 61.4 Å². The minimum atomic E-state index is -0.674. The van der Waals surface area contributed by atoms with Gasteiger partial charge in [0.05, 0.1) is 0 Å². The van der Waals surface area contributed by atoms with E-state index in [1.165, 1.54) is 36.4 Å². The summed E-state index contributed by atoms with van der Waals surface area (Å²) in [5.41, 5.74) is 1.03. The van der Waals surface area contributed by atoms with Crippen molar-refractivity contribution in [3.63, 3.8) is 0 Å². The van der Waals surface area contributed by atoms with Gasteiger partial charge in [-0.15, -0.1) is 0 Å². The Labute approximate surface area is 166 Å².